The zero-order valence-electron chi connectivity index (χ0n) is 16.2. The van der Waals surface area contributed by atoms with Crippen molar-refractivity contribution >= 4 is 29.2 Å². The van der Waals surface area contributed by atoms with Gasteiger partial charge in [0.05, 0.1) is 30.4 Å². The van der Waals surface area contributed by atoms with Crippen molar-refractivity contribution in [1.29, 1.82) is 0 Å². The second-order valence-electron chi connectivity index (χ2n) is 6.33. The first kappa shape index (κ1) is 20.8. The van der Waals surface area contributed by atoms with E-state index in [1.165, 1.54) is 19.1 Å². The number of carbonyl (C=O) groups excluding carboxylic acids is 2. The molecule has 0 aromatic heterocycles. The maximum Gasteiger partial charge on any atom is 0.339 e. The molecule has 2 aromatic rings. The molecule has 3 rings (SSSR count). The summed E-state index contributed by atoms with van der Waals surface area (Å²) in [5, 5.41) is 2.95. The van der Waals surface area contributed by atoms with Gasteiger partial charge >= 0.3 is 5.97 Å². The molecular weight excluding hydrogens is 398 g/mol. The molecule has 1 N–H and O–H groups in total. The first-order valence-corrected chi connectivity index (χ1v) is 9.69. The fourth-order valence-electron chi connectivity index (χ4n) is 2.68. The Bertz CT molecular complexity index is 883. The highest BCUT2D eigenvalue weighted by atomic mass is 35.5. The number of fused-ring (bicyclic) bond motifs is 1. The van der Waals surface area contributed by atoms with Gasteiger partial charge in [0, 0.05) is 12.1 Å². The smallest absolute Gasteiger partial charge is 0.339 e. The van der Waals surface area contributed by atoms with Crippen LogP contribution in [0.5, 0.6) is 17.2 Å². The maximum atomic E-state index is 12.5. The number of esters is 1. The maximum absolute atomic E-state index is 12.5. The van der Waals surface area contributed by atoms with E-state index >= 15 is 0 Å². The second kappa shape index (κ2) is 9.52. The summed E-state index contributed by atoms with van der Waals surface area (Å²) >= 11 is 6.20. The molecule has 1 heterocycles. The van der Waals surface area contributed by atoms with E-state index in [9.17, 15) is 9.59 Å². The molecule has 0 saturated carbocycles. The average Bonchev–Trinajstić information content (AvgIpc) is 2.95. The lowest BCUT2D eigenvalue weighted by Gasteiger charge is -2.15. The lowest BCUT2D eigenvalue weighted by molar-refractivity contribution is -0.123. The summed E-state index contributed by atoms with van der Waals surface area (Å²) in [7, 11) is 0. The summed E-state index contributed by atoms with van der Waals surface area (Å²) in [5.74, 6) is 0.353. The molecule has 0 spiro atoms. The molecule has 1 atom stereocenters. The van der Waals surface area contributed by atoms with Crippen molar-refractivity contribution in [3.8, 4) is 17.2 Å². The molecule has 0 saturated heterocycles. The molecule has 7 nitrogen and oxygen atoms in total. The topological polar surface area (TPSA) is 83.1 Å². The van der Waals surface area contributed by atoms with Crippen molar-refractivity contribution in [2.75, 3.05) is 25.1 Å². The summed E-state index contributed by atoms with van der Waals surface area (Å²) < 4.78 is 21.8. The van der Waals surface area contributed by atoms with Gasteiger partial charge in [-0.05, 0) is 50.2 Å². The zero-order chi connectivity index (χ0) is 20.8. The molecule has 8 heteroatoms. The largest absolute Gasteiger partial charge is 0.494 e. The number of benzene rings is 2. The van der Waals surface area contributed by atoms with Gasteiger partial charge in [0.15, 0.2) is 17.6 Å². The highest BCUT2D eigenvalue weighted by molar-refractivity contribution is 6.32. The Morgan fingerprint density at radius 1 is 1.17 bits per heavy atom. The van der Waals surface area contributed by atoms with Crippen molar-refractivity contribution in [3.63, 3.8) is 0 Å². The Hall–Kier alpha value is -2.93. The van der Waals surface area contributed by atoms with E-state index in [0.717, 1.165) is 0 Å². The van der Waals surface area contributed by atoms with Gasteiger partial charge in [-0.25, -0.2) is 4.79 Å². The summed E-state index contributed by atoms with van der Waals surface area (Å²) in [6.07, 6.45) is -0.295. The standard InChI is InChI=1S/C21H22ClNO6/c1-3-26-16-7-5-15(6-8-16)23-20(24)13(2)29-21(25)14-11-17(22)19-18(12-14)27-9-4-10-28-19/h5-8,11-13H,3-4,9-10H2,1-2H3,(H,23,24)/t13-/m0/s1. The van der Waals surface area contributed by atoms with Crippen molar-refractivity contribution in [2.24, 2.45) is 0 Å². The number of ether oxygens (including phenoxy) is 4. The molecular formula is C21H22ClNO6. The number of anilines is 1. The lowest BCUT2D eigenvalue weighted by atomic mass is 10.2. The number of halogens is 1. The zero-order valence-corrected chi connectivity index (χ0v) is 17.0. The van der Waals surface area contributed by atoms with Gasteiger partial charge in [-0.2, -0.15) is 0 Å². The first-order valence-electron chi connectivity index (χ1n) is 9.31. The van der Waals surface area contributed by atoms with E-state index in [-0.39, 0.29) is 10.6 Å². The molecule has 1 amide bonds. The number of carbonyl (C=O) groups is 2. The number of rotatable bonds is 6. The Kier molecular flexibility index (Phi) is 6.82. The Morgan fingerprint density at radius 2 is 1.90 bits per heavy atom. The van der Waals surface area contributed by atoms with E-state index in [1.807, 2.05) is 6.92 Å². The first-order chi connectivity index (χ1) is 14.0. The normalized spacial score (nSPS) is 13.8. The van der Waals surface area contributed by atoms with Crippen LogP contribution in [0.15, 0.2) is 36.4 Å². The van der Waals surface area contributed by atoms with Crippen LogP contribution in [0.1, 0.15) is 30.6 Å². The predicted octanol–water partition coefficient (Wildman–Crippen LogP) is 4.08. The fraction of sp³-hybridized carbons (Fsp3) is 0.333. The minimum atomic E-state index is -1.01. The van der Waals surface area contributed by atoms with E-state index < -0.39 is 18.0 Å². The van der Waals surface area contributed by atoms with Crippen LogP contribution in [0.4, 0.5) is 5.69 Å². The van der Waals surface area contributed by atoms with E-state index in [4.69, 9.17) is 30.5 Å². The van der Waals surface area contributed by atoms with Gasteiger partial charge < -0.3 is 24.3 Å². The molecule has 154 valence electrons. The van der Waals surface area contributed by atoms with Crippen LogP contribution >= 0.6 is 11.6 Å². The quantitative estimate of drug-likeness (QED) is 0.710. The molecule has 0 unspecified atom stereocenters. The lowest BCUT2D eigenvalue weighted by Crippen LogP contribution is -2.30. The Balaban J connectivity index is 1.63. The van der Waals surface area contributed by atoms with Crippen LogP contribution < -0.4 is 19.5 Å². The van der Waals surface area contributed by atoms with Crippen LogP contribution in [0.2, 0.25) is 5.02 Å². The SMILES string of the molecule is CCOc1ccc(NC(=O)[C@H](C)OC(=O)c2cc(Cl)c3c(c2)OCCCO3)cc1. The molecule has 0 fully saturated rings. The van der Waals surface area contributed by atoms with Crippen LogP contribution in [-0.4, -0.2) is 37.8 Å². The molecule has 0 radical (unpaired) electrons. The molecule has 2 aromatic carbocycles. The van der Waals surface area contributed by atoms with Crippen molar-refractivity contribution in [2.45, 2.75) is 26.4 Å². The molecule has 29 heavy (non-hydrogen) atoms. The fourth-order valence-corrected chi connectivity index (χ4v) is 2.94. The molecule has 0 bridgehead atoms. The number of hydrogen-bond acceptors (Lipinski definition) is 6. The van der Waals surface area contributed by atoms with Gasteiger partial charge in [0.1, 0.15) is 5.75 Å². The van der Waals surface area contributed by atoms with Crippen LogP contribution in [0.25, 0.3) is 0 Å². The summed E-state index contributed by atoms with van der Waals surface area (Å²) in [6.45, 7) is 4.89. The number of amides is 1. The Morgan fingerprint density at radius 3 is 2.62 bits per heavy atom. The van der Waals surface area contributed by atoms with Crippen LogP contribution in [0.3, 0.4) is 0 Å². The van der Waals surface area contributed by atoms with Crippen LogP contribution in [0, 0.1) is 0 Å². The molecule has 1 aliphatic rings. The van der Waals surface area contributed by atoms with Crippen molar-refractivity contribution in [1.82, 2.24) is 0 Å². The minimum Gasteiger partial charge on any atom is -0.494 e. The molecule has 1 aliphatic heterocycles. The number of hydrogen-bond donors (Lipinski definition) is 1. The second-order valence-corrected chi connectivity index (χ2v) is 6.74. The van der Waals surface area contributed by atoms with E-state index in [2.05, 4.69) is 5.32 Å². The monoisotopic (exact) mass is 419 g/mol. The predicted molar refractivity (Wildman–Crippen MR) is 108 cm³/mol. The van der Waals surface area contributed by atoms with Gasteiger partial charge in [-0.1, -0.05) is 11.6 Å². The van der Waals surface area contributed by atoms with Gasteiger partial charge in [-0.15, -0.1) is 0 Å². The minimum absolute atomic E-state index is 0.181. The third-order valence-electron chi connectivity index (χ3n) is 4.12. The van der Waals surface area contributed by atoms with Gasteiger partial charge in [-0.3, -0.25) is 4.79 Å². The summed E-state index contributed by atoms with van der Waals surface area (Å²) in [4.78, 5) is 24.8. The highest BCUT2D eigenvalue weighted by Gasteiger charge is 2.23. The third-order valence-corrected chi connectivity index (χ3v) is 4.40. The summed E-state index contributed by atoms with van der Waals surface area (Å²) in [6, 6.07) is 9.85. The average molecular weight is 420 g/mol. The number of nitrogens with one attached hydrogen (secondary N) is 1. The van der Waals surface area contributed by atoms with Crippen molar-refractivity contribution < 1.29 is 28.5 Å². The van der Waals surface area contributed by atoms with E-state index in [0.29, 0.717) is 49.2 Å². The molecule has 0 aliphatic carbocycles. The van der Waals surface area contributed by atoms with Gasteiger partial charge in [0.25, 0.3) is 5.91 Å². The van der Waals surface area contributed by atoms with Gasteiger partial charge in [0.2, 0.25) is 0 Å². The van der Waals surface area contributed by atoms with Crippen molar-refractivity contribution in [3.05, 3.63) is 47.0 Å². The van der Waals surface area contributed by atoms with Crippen LogP contribution in [-0.2, 0) is 9.53 Å². The van der Waals surface area contributed by atoms with E-state index in [1.54, 1.807) is 24.3 Å². The Labute approximate surface area is 173 Å². The highest BCUT2D eigenvalue weighted by Crippen LogP contribution is 2.38. The summed E-state index contributed by atoms with van der Waals surface area (Å²) in [5.41, 5.74) is 0.750. The third kappa shape index (κ3) is 5.32.